The first-order valence-electron chi connectivity index (χ1n) is 14.9. The molecule has 3 N–H and O–H groups in total. The maximum absolute atomic E-state index is 13.7. The SMILES string of the molecule is CN1C(=O)C2(CC2)NC(=O)CC[C@@H](C(=O)NCCc2ccc(F)cc2)NC(=O)c2ccccc2OC[C@@H]1Cc1ccccc1. The fraction of sp³-hybridized carbons (Fsp3) is 0.353. The smallest absolute Gasteiger partial charge is 0.255 e. The number of hydrogen-bond acceptors (Lipinski definition) is 5. The van der Waals surface area contributed by atoms with Crippen LogP contribution in [0.15, 0.2) is 78.9 Å². The first-order valence-corrected chi connectivity index (χ1v) is 14.9. The van der Waals surface area contributed by atoms with Crippen LogP contribution < -0.4 is 20.7 Å². The van der Waals surface area contributed by atoms with E-state index >= 15 is 0 Å². The molecule has 0 aromatic heterocycles. The fourth-order valence-electron chi connectivity index (χ4n) is 5.39. The summed E-state index contributed by atoms with van der Waals surface area (Å²) >= 11 is 0. The Balaban J connectivity index is 1.37. The Morgan fingerprint density at radius 3 is 2.41 bits per heavy atom. The standard InChI is InChI=1S/C34H37FN4O5/c1-39-26(21-24-7-3-2-4-8-24)22-44-29-10-6-5-9-27(29)31(41)37-28(15-16-30(40)38-34(18-19-34)33(39)43)32(42)36-20-17-23-11-13-25(35)14-12-23/h2-14,26,28H,15-22H2,1H3,(H,36,42)(H,37,41)(H,38,40)/t26-,28-/m0/s1. The van der Waals surface area contributed by atoms with E-state index in [0.717, 1.165) is 11.1 Å². The van der Waals surface area contributed by atoms with Gasteiger partial charge in [-0.2, -0.15) is 0 Å². The van der Waals surface area contributed by atoms with Crippen molar-refractivity contribution in [3.05, 3.63) is 101 Å². The summed E-state index contributed by atoms with van der Waals surface area (Å²) in [5.74, 6) is -1.54. The number of nitrogens with one attached hydrogen (secondary N) is 3. The van der Waals surface area contributed by atoms with Gasteiger partial charge in [-0.1, -0.05) is 54.6 Å². The zero-order valence-electron chi connectivity index (χ0n) is 24.7. The molecule has 1 saturated carbocycles. The average Bonchev–Trinajstić information content (AvgIpc) is 3.81. The van der Waals surface area contributed by atoms with Gasteiger partial charge in [0.1, 0.15) is 29.8 Å². The number of ether oxygens (including phenoxy) is 1. The van der Waals surface area contributed by atoms with Crippen molar-refractivity contribution in [1.82, 2.24) is 20.9 Å². The minimum Gasteiger partial charge on any atom is -0.491 e. The Bertz CT molecular complexity index is 1490. The molecular weight excluding hydrogens is 563 g/mol. The zero-order chi connectivity index (χ0) is 31.1. The van der Waals surface area contributed by atoms with Crippen LogP contribution in [0.1, 0.15) is 47.2 Å². The second-order valence-corrected chi connectivity index (χ2v) is 11.4. The van der Waals surface area contributed by atoms with Crippen molar-refractivity contribution < 1.29 is 28.3 Å². The molecule has 230 valence electrons. The number of rotatable bonds is 6. The third-order valence-corrected chi connectivity index (χ3v) is 8.19. The van der Waals surface area contributed by atoms with Crippen LogP contribution in [-0.4, -0.2) is 66.4 Å². The third-order valence-electron chi connectivity index (χ3n) is 8.19. The number of amides is 4. The summed E-state index contributed by atoms with van der Waals surface area (Å²) in [6.45, 7) is 0.369. The summed E-state index contributed by atoms with van der Waals surface area (Å²) in [4.78, 5) is 55.2. The highest BCUT2D eigenvalue weighted by Crippen LogP contribution is 2.38. The Labute approximate surface area is 256 Å². The van der Waals surface area contributed by atoms with Gasteiger partial charge in [-0.25, -0.2) is 4.39 Å². The van der Waals surface area contributed by atoms with Gasteiger partial charge in [0.25, 0.3) is 5.91 Å². The van der Waals surface area contributed by atoms with Gasteiger partial charge in [-0.3, -0.25) is 19.2 Å². The topological polar surface area (TPSA) is 117 Å². The number of hydrogen-bond donors (Lipinski definition) is 3. The second-order valence-electron chi connectivity index (χ2n) is 11.4. The van der Waals surface area contributed by atoms with Crippen molar-refractivity contribution in [1.29, 1.82) is 0 Å². The summed E-state index contributed by atoms with van der Waals surface area (Å²) in [6, 6.07) is 21.1. The molecule has 1 fully saturated rings. The molecule has 1 aliphatic heterocycles. The molecule has 1 spiro atoms. The number of fused-ring (bicyclic) bond motifs is 1. The Morgan fingerprint density at radius 1 is 0.977 bits per heavy atom. The van der Waals surface area contributed by atoms with Crippen molar-refractivity contribution in [2.45, 2.75) is 56.1 Å². The van der Waals surface area contributed by atoms with E-state index in [9.17, 15) is 23.6 Å². The number of nitrogens with zero attached hydrogens (tertiary/aromatic N) is 1. The first-order chi connectivity index (χ1) is 21.2. The molecular formula is C34H37FN4O5. The molecule has 0 radical (unpaired) electrons. The second kappa shape index (κ2) is 13.7. The molecule has 10 heteroatoms. The summed E-state index contributed by atoms with van der Waals surface area (Å²) in [7, 11) is 1.72. The Morgan fingerprint density at radius 2 is 1.68 bits per heavy atom. The number of likely N-dealkylation sites (N-methyl/N-ethyl adjacent to an activating group) is 1. The highest BCUT2D eigenvalue weighted by Gasteiger charge is 2.53. The molecule has 3 aromatic rings. The van der Waals surface area contributed by atoms with Crippen LogP contribution in [0.2, 0.25) is 0 Å². The van der Waals surface area contributed by atoms with E-state index in [-0.39, 0.29) is 55.2 Å². The van der Waals surface area contributed by atoms with Crippen molar-refractivity contribution in [2.75, 3.05) is 20.2 Å². The predicted molar refractivity (Wildman–Crippen MR) is 162 cm³/mol. The van der Waals surface area contributed by atoms with Gasteiger partial charge >= 0.3 is 0 Å². The van der Waals surface area contributed by atoms with E-state index in [1.54, 1.807) is 48.3 Å². The Kier molecular flexibility index (Phi) is 9.57. The lowest BCUT2D eigenvalue weighted by Gasteiger charge is -2.32. The summed E-state index contributed by atoms with van der Waals surface area (Å²) in [6.07, 6.45) is 1.98. The largest absolute Gasteiger partial charge is 0.491 e. The van der Waals surface area contributed by atoms with E-state index in [4.69, 9.17) is 4.74 Å². The molecule has 2 atom stereocenters. The van der Waals surface area contributed by atoms with Gasteiger partial charge in [0.05, 0.1) is 11.6 Å². The minimum absolute atomic E-state index is 0.0275. The van der Waals surface area contributed by atoms with E-state index in [1.807, 2.05) is 30.3 Å². The molecule has 44 heavy (non-hydrogen) atoms. The number of halogens is 1. The lowest BCUT2D eigenvalue weighted by atomic mass is 10.0. The molecule has 3 aromatic carbocycles. The van der Waals surface area contributed by atoms with Crippen LogP contribution in [0.3, 0.4) is 0 Å². The normalized spacial score (nSPS) is 20.3. The van der Waals surface area contributed by atoms with Crippen LogP contribution in [0.4, 0.5) is 4.39 Å². The first kappa shape index (κ1) is 30.7. The number of carbonyl (C=O) groups is 4. The minimum atomic E-state index is -1.01. The molecule has 2 aliphatic rings. The van der Waals surface area contributed by atoms with E-state index < -0.39 is 23.4 Å². The van der Waals surface area contributed by atoms with Gasteiger partial charge < -0.3 is 25.6 Å². The molecule has 0 unspecified atom stereocenters. The fourth-order valence-corrected chi connectivity index (χ4v) is 5.39. The van der Waals surface area contributed by atoms with Crippen LogP contribution >= 0.6 is 0 Å². The van der Waals surface area contributed by atoms with Crippen molar-refractivity contribution in [3.63, 3.8) is 0 Å². The lowest BCUT2D eigenvalue weighted by molar-refractivity contribution is -0.139. The summed E-state index contributed by atoms with van der Waals surface area (Å²) < 4.78 is 19.4. The van der Waals surface area contributed by atoms with Gasteiger partial charge in [-0.05, 0) is 67.5 Å². The molecule has 1 heterocycles. The average molecular weight is 601 g/mol. The van der Waals surface area contributed by atoms with Crippen molar-refractivity contribution >= 4 is 23.6 Å². The molecule has 0 bridgehead atoms. The highest BCUT2D eigenvalue weighted by atomic mass is 19.1. The van der Waals surface area contributed by atoms with Gasteiger partial charge in [0.15, 0.2) is 0 Å². The summed E-state index contributed by atoms with van der Waals surface area (Å²) in [5.41, 5.74) is 1.11. The van der Waals surface area contributed by atoms with E-state index in [2.05, 4.69) is 16.0 Å². The zero-order valence-corrected chi connectivity index (χ0v) is 24.7. The van der Waals surface area contributed by atoms with Crippen LogP contribution in [-0.2, 0) is 27.2 Å². The quantitative estimate of drug-likeness (QED) is 0.402. The van der Waals surface area contributed by atoms with Crippen LogP contribution in [0.25, 0.3) is 0 Å². The number of para-hydroxylation sites is 1. The number of benzene rings is 3. The van der Waals surface area contributed by atoms with E-state index in [0.29, 0.717) is 31.4 Å². The Hall–Kier alpha value is -4.73. The van der Waals surface area contributed by atoms with Crippen LogP contribution in [0, 0.1) is 5.82 Å². The maximum Gasteiger partial charge on any atom is 0.255 e. The molecule has 1 aliphatic carbocycles. The molecule has 0 saturated heterocycles. The third kappa shape index (κ3) is 7.61. The van der Waals surface area contributed by atoms with Crippen molar-refractivity contribution in [2.24, 2.45) is 0 Å². The van der Waals surface area contributed by atoms with Crippen molar-refractivity contribution in [3.8, 4) is 5.75 Å². The lowest BCUT2D eigenvalue weighted by Crippen LogP contribution is -2.54. The molecule has 9 nitrogen and oxygen atoms in total. The molecule has 5 rings (SSSR count). The number of carbonyl (C=O) groups excluding carboxylic acids is 4. The molecule has 4 amide bonds. The summed E-state index contributed by atoms with van der Waals surface area (Å²) in [5, 5.41) is 8.52. The van der Waals surface area contributed by atoms with Gasteiger partial charge in [-0.15, -0.1) is 0 Å². The monoisotopic (exact) mass is 600 g/mol. The van der Waals surface area contributed by atoms with Gasteiger partial charge in [0, 0.05) is 20.0 Å². The van der Waals surface area contributed by atoms with Crippen LogP contribution in [0.5, 0.6) is 5.75 Å². The highest BCUT2D eigenvalue weighted by molar-refractivity contribution is 6.00. The van der Waals surface area contributed by atoms with E-state index in [1.165, 1.54) is 12.1 Å². The predicted octanol–water partition coefficient (Wildman–Crippen LogP) is 3.17. The maximum atomic E-state index is 13.7. The van der Waals surface area contributed by atoms with Gasteiger partial charge in [0.2, 0.25) is 17.7 Å².